The van der Waals surface area contributed by atoms with Crippen LogP contribution < -0.4 is 5.32 Å². The van der Waals surface area contributed by atoms with Gasteiger partial charge in [-0.3, -0.25) is 19.4 Å². The van der Waals surface area contributed by atoms with Gasteiger partial charge in [-0.1, -0.05) is 18.2 Å². The molecule has 0 spiro atoms. The summed E-state index contributed by atoms with van der Waals surface area (Å²) in [5, 5.41) is 9.66. The van der Waals surface area contributed by atoms with Crippen LogP contribution in [0.2, 0.25) is 0 Å². The summed E-state index contributed by atoms with van der Waals surface area (Å²) in [7, 11) is 0. The van der Waals surface area contributed by atoms with Gasteiger partial charge in [0.2, 0.25) is 5.91 Å². The fraction of sp³-hybridized carbons (Fsp3) is 0.300. The van der Waals surface area contributed by atoms with E-state index in [9.17, 15) is 4.79 Å². The van der Waals surface area contributed by atoms with E-state index >= 15 is 0 Å². The van der Waals surface area contributed by atoms with Gasteiger partial charge in [0.25, 0.3) is 0 Å². The number of carbonyl (C=O) groups is 1. The molecule has 3 aromatic heterocycles. The zero-order valence-electron chi connectivity index (χ0n) is 14.9. The van der Waals surface area contributed by atoms with E-state index in [-0.39, 0.29) is 11.8 Å². The Morgan fingerprint density at radius 1 is 1.30 bits per heavy atom. The Bertz CT molecular complexity index is 917. The van der Waals surface area contributed by atoms with E-state index in [1.54, 1.807) is 29.9 Å². The zero-order chi connectivity index (χ0) is 18.5. The molecule has 0 unspecified atom stereocenters. The molecule has 4 rings (SSSR count). The lowest BCUT2D eigenvalue weighted by molar-refractivity contribution is -0.125. The molecule has 0 bridgehead atoms. The molecule has 1 aliphatic carbocycles. The van der Waals surface area contributed by atoms with Crippen molar-refractivity contribution in [2.24, 2.45) is 5.92 Å². The predicted octanol–water partition coefficient (Wildman–Crippen LogP) is 3.54. The van der Waals surface area contributed by atoms with E-state index in [0.717, 1.165) is 41.1 Å². The molecule has 0 saturated heterocycles. The highest BCUT2D eigenvalue weighted by Crippen LogP contribution is 2.33. The number of amides is 1. The molecular weight excluding hydrogens is 358 g/mol. The van der Waals surface area contributed by atoms with Crippen molar-refractivity contribution in [1.82, 2.24) is 25.1 Å². The summed E-state index contributed by atoms with van der Waals surface area (Å²) in [6, 6.07) is 4.10. The summed E-state index contributed by atoms with van der Waals surface area (Å²) in [5.74, 6) is 0.234. The number of allylic oxidation sites excluding steroid dienone is 2. The average molecular weight is 379 g/mol. The first kappa shape index (κ1) is 17.6. The van der Waals surface area contributed by atoms with Crippen molar-refractivity contribution in [3.8, 4) is 21.8 Å². The van der Waals surface area contributed by atoms with Crippen molar-refractivity contribution < 1.29 is 4.79 Å². The maximum atomic E-state index is 12.3. The molecule has 0 aromatic carbocycles. The second kappa shape index (κ2) is 8.26. The molecule has 138 valence electrons. The summed E-state index contributed by atoms with van der Waals surface area (Å²) in [5.41, 5.74) is 2.76. The van der Waals surface area contributed by atoms with Crippen LogP contribution in [-0.4, -0.2) is 32.2 Å². The lowest BCUT2D eigenvalue weighted by Crippen LogP contribution is -2.33. The van der Waals surface area contributed by atoms with E-state index in [2.05, 4.69) is 38.6 Å². The van der Waals surface area contributed by atoms with Gasteiger partial charge in [-0.2, -0.15) is 5.10 Å². The summed E-state index contributed by atoms with van der Waals surface area (Å²) >= 11 is 1.66. The third-order valence-electron chi connectivity index (χ3n) is 4.70. The van der Waals surface area contributed by atoms with Crippen LogP contribution in [0, 0.1) is 5.92 Å². The number of aromatic nitrogens is 4. The van der Waals surface area contributed by atoms with Gasteiger partial charge in [-0.05, 0) is 30.7 Å². The second-order valence-corrected chi connectivity index (χ2v) is 7.42. The van der Waals surface area contributed by atoms with Crippen molar-refractivity contribution in [3.63, 3.8) is 0 Å². The van der Waals surface area contributed by atoms with Gasteiger partial charge in [0.15, 0.2) is 0 Å². The third-order valence-corrected chi connectivity index (χ3v) is 5.57. The monoisotopic (exact) mass is 379 g/mol. The highest BCUT2D eigenvalue weighted by molar-refractivity contribution is 7.13. The molecule has 7 heteroatoms. The Morgan fingerprint density at radius 3 is 3.00 bits per heavy atom. The van der Waals surface area contributed by atoms with Gasteiger partial charge in [-0.25, -0.2) is 0 Å². The Hall–Kier alpha value is -2.80. The van der Waals surface area contributed by atoms with E-state index in [1.807, 2.05) is 22.3 Å². The number of carbonyl (C=O) groups excluding carboxylic acids is 1. The molecule has 3 aromatic rings. The van der Waals surface area contributed by atoms with Crippen LogP contribution in [0.3, 0.4) is 0 Å². The molecule has 0 aliphatic heterocycles. The van der Waals surface area contributed by atoms with Gasteiger partial charge in [-0.15, -0.1) is 11.3 Å². The number of hydrogen-bond donors (Lipinski definition) is 1. The first-order chi connectivity index (χ1) is 13.3. The Labute approximate surface area is 162 Å². The van der Waals surface area contributed by atoms with Crippen molar-refractivity contribution >= 4 is 17.2 Å². The van der Waals surface area contributed by atoms with Gasteiger partial charge in [0, 0.05) is 30.4 Å². The molecule has 1 aliphatic rings. The molecule has 27 heavy (non-hydrogen) atoms. The fourth-order valence-electron chi connectivity index (χ4n) is 3.31. The van der Waals surface area contributed by atoms with E-state index in [0.29, 0.717) is 13.1 Å². The molecule has 0 radical (unpaired) electrons. The van der Waals surface area contributed by atoms with Gasteiger partial charge in [0.05, 0.1) is 35.2 Å². The number of rotatable bonds is 6. The summed E-state index contributed by atoms with van der Waals surface area (Å²) in [6.07, 6.45) is 13.9. The normalized spacial score (nSPS) is 16.4. The van der Waals surface area contributed by atoms with Crippen molar-refractivity contribution in [2.45, 2.75) is 25.8 Å². The lowest BCUT2D eigenvalue weighted by Gasteiger charge is -2.17. The van der Waals surface area contributed by atoms with Gasteiger partial charge < -0.3 is 5.32 Å². The summed E-state index contributed by atoms with van der Waals surface area (Å²) < 4.78 is 1.94. The largest absolute Gasteiger partial charge is 0.354 e. The highest BCUT2D eigenvalue weighted by Gasteiger charge is 2.19. The smallest absolute Gasteiger partial charge is 0.223 e. The average Bonchev–Trinajstić information content (AvgIpc) is 3.39. The molecule has 0 fully saturated rings. The van der Waals surface area contributed by atoms with Crippen molar-refractivity contribution in [3.05, 3.63) is 54.5 Å². The minimum Gasteiger partial charge on any atom is -0.354 e. The van der Waals surface area contributed by atoms with E-state index in [4.69, 9.17) is 0 Å². The van der Waals surface area contributed by atoms with Crippen LogP contribution >= 0.6 is 11.3 Å². The molecule has 3 heterocycles. The first-order valence-electron chi connectivity index (χ1n) is 9.11. The molecule has 1 atom stereocenters. The maximum Gasteiger partial charge on any atom is 0.223 e. The standard InChI is InChI=1S/C20H21N5OS/c26-20(15-5-2-1-3-6-15)23-10-11-25-19(18-7-4-12-27-18)16(13-24-25)17-14-21-8-9-22-17/h1-2,4,7-9,12-15H,3,5-6,10-11H2,(H,23,26)/t15-/m0/s1. The quantitative estimate of drug-likeness (QED) is 0.665. The third kappa shape index (κ3) is 3.98. The van der Waals surface area contributed by atoms with Crippen LogP contribution in [0.1, 0.15) is 19.3 Å². The van der Waals surface area contributed by atoms with Crippen LogP contribution in [0.4, 0.5) is 0 Å². The van der Waals surface area contributed by atoms with Crippen LogP contribution in [0.25, 0.3) is 21.8 Å². The van der Waals surface area contributed by atoms with Crippen molar-refractivity contribution in [1.29, 1.82) is 0 Å². The number of thiophene rings is 1. The second-order valence-electron chi connectivity index (χ2n) is 6.47. The summed E-state index contributed by atoms with van der Waals surface area (Å²) in [4.78, 5) is 22.0. The lowest BCUT2D eigenvalue weighted by atomic mass is 9.94. The topological polar surface area (TPSA) is 72.7 Å². The summed E-state index contributed by atoms with van der Waals surface area (Å²) in [6.45, 7) is 1.17. The minimum absolute atomic E-state index is 0.0968. The van der Waals surface area contributed by atoms with E-state index < -0.39 is 0 Å². The number of nitrogens with one attached hydrogen (secondary N) is 1. The molecule has 6 nitrogen and oxygen atoms in total. The molecular formula is C20H21N5OS. The maximum absolute atomic E-state index is 12.3. The van der Waals surface area contributed by atoms with Gasteiger partial charge in [0.1, 0.15) is 0 Å². The molecule has 0 saturated carbocycles. The van der Waals surface area contributed by atoms with Crippen LogP contribution in [-0.2, 0) is 11.3 Å². The van der Waals surface area contributed by atoms with Crippen molar-refractivity contribution in [2.75, 3.05) is 6.54 Å². The Morgan fingerprint density at radius 2 is 2.26 bits per heavy atom. The molecule has 1 N–H and O–H groups in total. The predicted molar refractivity (Wildman–Crippen MR) is 106 cm³/mol. The fourth-order valence-corrected chi connectivity index (χ4v) is 4.10. The van der Waals surface area contributed by atoms with Gasteiger partial charge >= 0.3 is 0 Å². The van der Waals surface area contributed by atoms with E-state index in [1.165, 1.54) is 0 Å². The zero-order valence-corrected chi connectivity index (χ0v) is 15.7. The first-order valence-corrected chi connectivity index (χ1v) is 9.99. The highest BCUT2D eigenvalue weighted by atomic mass is 32.1. The SMILES string of the molecule is O=C(NCCn1ncc(-c2cnccn2)c1-c1cccs1)[C@H]1CC=CCC1. The number of nitrogens with zero attached hydrogens (tertiary/aromatic N) is 4. The van der Waals surface area contributed by atoms with Crippen LogP contribution in [0.5, 0.6) is 0 Å². The Balaban J connectivity index is 1.50. The Kier molecular flexibility index (Phi) is 5.39. The minimum atomic E-state index is 0.0968. The molecule has 1 amide bonds. The number of hydrogen-bond acceptors (Lipinski definition) is 5. The van der Waals surface area contributed by atoms with Crippen LogP contribution in [0.15, 0.2) is 54.5 Å².